The number of carbonyl (C=O) groups excluding carboxylic acids is 1. The number of nitrogens with zero attached hydrogens (tertiary/aromatic N) is 2. The zero-order valence-corrected chi connectivity index (χ0v) is 15.4. The molecule has 2 aromatic carbocycles. The molecule has 0 aliphatic carbocycles. The van der Waals surface area contributed by atoms with Gasteiger partial charge in [-0.3, -0.25) is 9.59 Å². The van der Waals surface area contributed by atoms with E-state index in [1.54, 1.807) is 6.07 Å². The molecule has 1 aliphatic rings. The minimum atomic E-state index is -0.790. The van der Waals surface area contributed by atoms with E-state index in [0.717, 1.165) is 6.07 Å². The van der Waals surface area contributed by atoms with E-state index in [4.69, 9.17) is 4.42 Å². The molecule has 0 N–H and O–H groups in total. The zero-order valence-electron chi connectivity index (χ0n) is 15.4. The maximum atomic E-state index is 13.9. The average Bonchev–Trinajstić information content (AvgIpc) is 2.93. The zero-order chi connectivity index (χ0) is 20.0. The van der Waals surface area contributed by atoms with Gasteiger partial charge in [0, 0.05) is 13.1 Å². The summed E-state index contributed by atoms with van der Waals surface area (Å²) in [6.45, 7) is 0.870. The molecule has 0 saturated heterocycles. The van der Waals surface area contributed by atoms with E-state index in [1.807, 2.05) is 19.0 Å². The molecule has 0 radical (unpaired) electrons. The smallest absolute Gasteiger partial charge is 0.290 e. The van der Waals surface area contributed by atoms with Gasteiger partial charge >= 0.3 is 0 Å². The predicted octanol–water partition coefficient (Wildman–Crippen LogP) is 3.18. The molecule has 1 aromatic heterocycles. The van der Waals surface area contributed by atoms with Crippen LogP contribution in [0.2, 0.25) is 0 Å². The summed E-state index contributed by atoms with van der Waals surface area (Å²) in [4.78, 5) is 29.6. The summed E-state index contributed by atoms with van der Waals surface area (Å²) in [6.07, 6.45) is 0. The van der Waals surface area contributed by atoms with Crippen LogP contribution < -0.4 is 5.43 Å². The number of amides is 1. The molecule has 28 heavy (non-hydrogen) atoms. The molecule has 5 nitrogen and oxygen atoms in total. The van der Waals surface area contributed by atoms with E-state index >= 15 is 0 Å². The van der Waals surface area contributed by atoms with Crippen LogP contribution in [0.4, 0.5) is 8.78 Å². The first-order valence-electron chi connectivity index (χ1n) is 8.84. The van der Waals surface area contributed by atoms with Crippen LogP contribution in [0, 0.1) is 11.6 Å². The third kappa shape index (κ3) is 2.97. The van der Waals surface area contributed by atoms with Crippen LogP contribution in [0.3, 0.4) is 0 Å². The van der Waals surface area contributed by atoms with Crippen molar-refractivity contribution in [3.63, 3.8) is 0 Å². The Hall–Kier alpha value is -3.06. The van der Waals surface area contributed by atoms with Crippen LogP contribution in [-0.2, 0) is 0 Å². The predicted molar refractivity (Wildman–Crippen MR) is 100 cm³/mol. The first-order chi connectivity index (χ1) is 13.4. The second-order valence-electron chi connectivity index (χ2n) is 7.07. The topological polar surface area (TPSA) is 53.8 Å². The van der Waals surface area contributed by atoms with E-state index < -0.39 is 29.0 Å². The minimum Gasteiger partial charge on any atom is -0.450 e. The number of hydrogen-bond acceptors (Lipinski definition) is 4. The van der Waals surface area contributed by atoms with Crippen molar-refractivity contribution in [2.45, 2.75) is 6.04 Å². The molecule has 1 amide bonds. The quantitative estimate of drug-likeness (QED) is 0.693. The lowest BCUT2D eigenvalue weighted by Gasteiger charge is -2.26. The van der Waals surface area contributed by atoms with E-state index in [1.165, 1.54) is 35.2 Å². The van der Waals surface area contributed by atoms with E-state index in [0.29, 0.717) is 18.7 Å². The van der Waals surface area contributed by atoms with Crippen molar-refractivity contribution < 1.29 is 18.0 Å². The maximum Gasteiger partial charge on any atom is 0.290 e. The van der Waals surface area contributed by atoms with E-state index in [2.05, 4.69) is 0 Å². The van der Waals surface area contributed by atoms with Crippen molar-refractivity contribution in [3.8, 4) is 0 Å². The van der Waals surface area contributed by atoms with Crippen LogP contribution in [0.5, 0.6) is 0 Å². The highest BCUT2D eigenvalue weighted by Crippen LogP contribution is 2.38. The fourth-order valence-electron chi connectivity index (χ4n) is 3.55. The Morgan fingerprint density at radius 2 is 1.82 bits per heavy atom. The number of likely N-dealkylation sites (N-methyl/N-ethyl adjacent to an activating group) is 1. The standard InChI is InChI=1S/C21H18F2N2O3/c1-24(2)8-9-25-18(12-4-3-5-13(22)10-12)17-19(26)15-11-14(23)6-7-16(15)28-20(17)21(25)27/h3-7,10-11,18H,8-9H2,1-2H3. The molecule has 0 spiro atoms. The van der Waals surface area contributed by atoms with Gasteiger partial charge in [0.15, 0.2) is 5.43 Å². The SMILES string of the molecule is CN(C)CCN1C(=O)c2oc3ccc(F)cc3c(=O)c2C1c1cccc(F)c1. The van der Waals surface area contributed by atoms with Gasteiger partial charge in [0.25, 0.3) is 5.91 Å². The summed E-state index contributed by atoms with van der Waals surface area (Å²) in [5, 5.41) is 0.0578. The van der Waals surface area contributed by atoms with Crippen molar-refractivity contribution in [2.24, 2.45) is 0 Å². The van der Waals surface area contributed by atoms with Crippen LogP contribution in [0.25, 0.3) is 11.0 Å². The van der Waals surface area contributed by atoms with Crippen LogP contribution >= 0.6 is 0 Å². The number of benzene rings is 2. The molecular weight excluding hydrogens is 366 g/mol. The summed E-state index contributed by atoms with van der Waals surface area (Å²) in [5.74, 6) is -1.55. The van der Waals surface area contributed by atoms with Gasteiger partial charge in [0.2, 0.25) is 5.76 Å². The molecular formula is C21H18F2N2O3. The molecule has 3 aromatic rings. The van der Waals surface area contributed by atoms with Gasteiger partial charge in [-0.2, -0.15) is 0 Å². The lowest BCUT2D eigenvalue weighted by atomic mass is 9.98. The maximum absolute atomic E-state index is 13.9. The third-order valence-electron chi connectivity index (χ3n) is 4.88. The molecule has 2 heterocycles. The number of rotatable bonds is 4. The van der Waals surface area contributed by atoms with Crippen molar-refractivity contribution in [3.05, 3.63) is 81.2 Å². The highest BCUT2D eigenvalue weighted by atomic mass is 19.1. The fraction of sp³-hybridized carbons (Fsp3) is 0.238. The largest absolute Gasteiger partial charge is 0.450 e. The number of carbonyl (C=O) groups is 1. The summed E-state index contributed by atoms with van der Waals surface area (Å²) in [6, 6.07) is 8.59. The van der Waals surface area contributed by atoms with E-state index in [9.17, 15) is 18.4 Å². The molecule has 4 rings (SSSR count). The molecule has 7 heteroatoms. The Bertz CT molecular complexity index is 1140. The summed E-state index contributed by atoms with van der Waals surface area (Å²) < 4.78 is 33.3. The second kappa shape index (κ2) is 6.83. The molecule has 1 atom stereocenters. The average molecular weight is 384 g/mol. The highest BCUT2D eigenvalue weighted by Gasteiger charge is 2.42. The Morgan fingerprint density at radius 3 is 2.54 bits per heavy atom. The summed E-state index contributed by atoms with van der Waals surface area (Å²) in [5.41, 5.74) is 0.248. The van der Waals surface area contributed by atoms with Crippen LogP contribution in [0.1, 0.15) is 27.7 Å². The number of halogens is 2. The molecule has 0 fully saturated rings. The number of hydrogen-bond donors (Lipinski definition) is 0. The molecule has 144 valence electrons. The fourth-order valence-corrected chi connectivity index (χ4v) is 3.55. The number of fused-ring (bicyclic) bond motifs is 2. The molecule has 0 saturated carbocycles. The van der Waals surface area contributed by atoms with Gasteiger partial charge in [-0.1, -0.05) is 12.1 Å². The first-order valence-corrected chi connectivity index (χ1v) is 8.84. The van der Waals surface area contributed by atoms with Gasteiger partial charge in [-0.15, -0.1) is 0 Å². The first kappa shape index (κ1) is 18.3. The van der Waals surface area contributed by atoms with Gasteiger partial charge in [-0.25, -0.2) is 8.78 Å². The second-order valence-corrected chi connectivity index (χ2v) is 7.07. The Kier molecular flexibility index (Phi) is 4.47. The van der Waals surface area contributed by atoms with Crippen molar-refractivity contribution >= 4 is 16.9 Å². The van der Waals surface area contributed by atoms with Crippen LogP contribution in [-0.4, -0.2) is 42.9 Å². The Morgan fingerprint density at radius 1 is 1.07 bits per heavy atom. The van der Waals surface area contributed by atoms with Gasteiger partial charge in [-0.05, 0) is 50.0 Å². The molecule has 1 unspecified atom stereocenters. The minimum absolute atomic E-state index is 0.0578. The van der Waals surface area contributed by atoms with Crippen LogP contribution in [0.15, 0.2) is 51.7 Å². The van der Waals surface area contributed by atoms with Crippen molar-refractivity contribution in [1.29, 1.82) is 0 Å². The highest BCUT2D eigenvalue weighted by molar-refractivity contribution is 5.99. The summed E-state index contributed by atoms with van der Waals surface area (Å²) in [7, 11) is 3.73. The monoisotopic (exact) mass is 384 g/mol. The van der Waals surface area contributed by atoms with Gasteiger partial charge < -0.3 is 14.2 Å². The molecule has 1 aliphatic heterocycles. The van der Waals surface area contributed by atoms with Crippen molar-refractivity contribution in [1.82, 2.24) is 9.80 Å². The third-order valence-corrected chi connectivity index (χ3v) is 4.88. The lowest BCUT2D eigenvalue weighted by molar-refractivity contribution is 0.0716. The van der Waals surface area contributed by atoms with Gasteiger partial charge in [0.05, 0.1) is 17.0 Å². The van der Waals surface area contributed by atoms with E-state index in [-0.39, 0.29) is 22.3 Å². The van der Waals surface area contributed by atoms with Crippen molar-refractivity contribution in [2.75, 3.05) is 27.2 Å². The normalized spacial score (nSPS) is 16.2. The van der Waals surface area contributed by atoms with Gasteiger partial charge in [0.1, 0.15) is 17.2 Å². The Labute approximate surface area is 159 Å². The lowest BCUT2D eigenvalue weighted by Crippen LogP contribution is -2.35. The Balaban J connectivity index is 1.96. The molecule has 0 bridgehead atoms. The summed E-state index contributed by atoms with van der Waals surface area (Å²) >= 11 is 0.